The molecule has 0 bridgehead atoms. The van der Waals surface area contributed by atoms with Crippen LogP contribution in [0.15, 0.2) is 24.4 Å². The Kier molecular flexibility index (Phi) is 2.50. The monoisotopic (exact) mass is 221 g/mol. The molecule has 0 aliphatic carbocycles. The fourth-order valence-corrected chi connectivity index (χ4v) is 1.88. The number of aryl methyl sites for hydroxylation is 1. The number of aromatic nitrogens is 1. The van der Waals surface area contributed by atoms with Gasteiger partial charge in [-0.2, -0.15) is 0 Å². The average Bonchev–Trinajstić information content (AvgIpc) is 2.47. The Morgan fingerprint density at radius 2 is 2.06 bits per heavy atom. The van der Waals surface area contributed by atoms with E-state index in [4.69, 9.17) is 0 Å². The summed E-state index contributed by atoms with van der Waals surface area (Å²) in [6.45, 7) is 5.69. The highest BCUT2D eigenvalue weighted by molar-refractivity contribution is 5.81. The normalized spacial score (nSPS) is 12.3. The molecule has 3 heteroatoms. The lowest BCUT2D eigenvalue weighted by Crippen LogP contribution is -2.25. The molecule has 0 spiro atoms. The summed E-state index contributed by atoms with van der Waals surface area (Å²) in [6.07, 6.45) is 1.88. The third kappa shape index (κ3) is 2.09. The maximum absolute atomic E-state index is 13.5. The van der Waals surface area contributed by atoms with Crippen molar-refractivity contribution in [3.8, 4) is 0 Å². The largest absolute Gasteiger partial charge is 0.389 e. The van der Waals surface area contributed by atoms with Gasteiger partial charge in [0.2, 0.25) is 0 Å². The molecule has 16 heavy (non-hydrogen) atoms. The second kappa shape index (κ2) is 3.59. The molecule has 0 fully saturated rings. The molecule has 2 nitrogen and oxygen atoms in total. The molecule has 0 amide bonds. The van der Waals surface area contributed by atoms with Crippen LogP contribution in [0.1, 0.15) is 19.4 Å². The summed E-state index contributed by atoms with van der Waals surface area (Å²) in [5.41, 5.74) is 0.673. The number of halogens is 1. The second-order valence-corrected chi connectivity index (χ2v) is 4.92. The molecule has 1 heterocycles. The van der Waals surface area contributed by atoms with Crippen molar-refractivity contribution in [2.75, 3.05) is 0 Å². The number of hydrogen-bond donors (Lipinski definition) is 1. The fourth-order valence-electron chi connectivity index (χ4n) is 1.88. The first kappa shape index (κ1) is 11.1. The molecular formula is C13H16FNO. The Morgan fingerprint density at radius 3 is 2.69 bits per heavy atom. The van der Waals surface area contributed by atoms with Crippen molar-refractivity contribution < 1.29 is 9.50 Å². The minimum absolute atomic E-state index is 0.205. The van der Waals surface area contributed by atoms with Crippen LogP contribution in [0.2, 0.25) is 0 Å². The number of aliphatic hydroxyl groups is 1. The van der Waals surface area contributed by atoms with Crippen molar-refractivity contribution in [2.45, 2.75) is 32.9 Å². The molecule has 86 valence electrons. The zero-order chi connectivity index (χ0) is 11.9. The predicted octanol–water partition coefficient (Wildman–Crippen LogP) is 2.86. The van der Waals surface area contributed by atoms with Crippen LogP contribution in [-0.2, 0) is 6.54 Å². The summed E-state index contributed by atoms with van der Waals surface area (Å²) in [5, 5.41) is 10.8. The first-order chi connectivity index (χ1) is 7.37. The van der Waals surface area contributed by atoms with E-state index in [1.54, 1.807) is 20.8 Å². The molecule has 0 atom stereocenters. The zero-order valence-corrected chi connectivity index (χ0v) is 9.79. The van der Waals surface area contributed by atoms with Gasteiger partial charge in [0.25, 0.3) is 0 Å². The smallest absolute Gasteiger partial charge is 0.128 e. The van der Waals surface area contributed by atoms with E-state index in [1.807, 2.05) is 22.9 Å². The van der Waals surface area contributed by atoms with Gasteiger partial charge in [0, 0.05) is 11.6 Å². The highest BCUT2D eigenvalue weighted by Crippen LogP contribution is 2.21. The van der Waals surface area contributed by atoms with Crippen LogP contribution in [0, 0.1) is 12.7 Å². The fraction of sp³-hybridized carbons (Fsp3) is 0.385. The lowest BCUT2D eigenvalue weighted by Gasteiger charge is -2.18. The molecule has 2 rings (SSSR count). The third-order valence-corrected chi connectivity index (χ3v) is 2.61. The number of nitrogens with zero attached hydrogens (tertiary/aromatic N) is 1. The lowest BCUT2D eigenvalue weighted by molar-refractivity contribution is 0.0628. The Morgan fingerprint density at radius 1 is 1.38 bits per heavy atom. The van der Waals surface area contributed by atoms with Crippen molar-refractivity contribution >= 4 is 10.9 Å². The van der Waals surface area contributed by atoms with Crippen molar-refractivity contribution in [2.24, 2.45) is 0 Å². The topological polar surface area (TPSA) is 25.2 Å². The standard InChI is InChI=1S/C13H16FNO/c1-9-6-10-4-5-15(8-13(2,3)16)12(10)7-11(9)14/h4-7,16H,8H2,1-3H3. The molecule has 0 saturated carbocycles. The molecular weight excluding hydrogens is 205 g/mol. The molecule has 0 radical (unpaired) electrons. The van der Waals surface area contributed by atoms with Gasteiger partial charge in [0.1, 0.15) is 5.82 Å². The van der Waals surface area contributed by atoms with Gasteiger partial charge in [0.15, 0.2) is 0 Å². The predicted molar refractivity (Wildman–Crippen MR) is 62.9 cm³/mol. The van der Waals surface area contributed by atoms with Crippen LogP contribution in [0.3, 0.4) is 0 Å². The SMILES string of the molecule is Cc1cc2ccn(CC(C)(C)O)c2cc1F. The zero-order valence-electron chi connectivity index (χ0n) is 9.79. The molecule has 2 aromatic rings. The maximum Gasteiger partial charge on any atom is 0.128 e. The van der Waals surface area contributed by atoms with Gasteiger partial charge in [-0.25, -0.2) is 4.39 Å². The van der Waals surface area contributed by atoms with Crippen LogP contribution < -0.4 is 0 Å². The molecule has 0 aliphatic rings. The van der Waals surface area contributed by atoms with E-state index in [9.17, 15) is 9.50 Å². The van der Waals surface area contributed by atoms with Crippen molar-refractivity contribution in [3.05, 3.63) is 35.8 Å². The van der Waals surface area contributed by atoms with Gasteiger partial charge in [-0.15, -0.1) is 0 Å². The van der Waals surface area contributed by atoms with Gasteiger partial charge >= 0.3 is 0 Å². The van der Waals surface area contributed by atoms with E-state index in [0.717, 1.165) is 10.9 Å². The summed E-state index contributed by atoms with van der Waals surface area (Å²) >= 11 is 0. The Hall–Kier alpha value is -1.35. The maximum atomic E-state index is 13.5. The van der Waals surface area contributed by atoms with Gasteiger partial charge < -0.3 is 9.67 Å². The molecule has 1 aromatic heterocycles. The summed E-state index contributed by atoms with van der Waals surface area (Å²) in [4.78, 5) is 0. The Bertz CT molecular complexity index is 522. The number of rotatable bonds is 2. The van der Waals surface area contributed by atoms with E-state index < -0.39 is 5.60 Å². The molecule has 1 aromatic carbocycles. The number of fused-ring (bicyclic) bond motifs is 1. The number of benzene rings is 1. The van der Waals surface area contributed by atoms with Gasteiger partial charge in [-0.3, -0.25) is 0 Å². The van der Waals surface area contributed by atoms with Crippen LogP contribution in [0.25, 0.3) is 10.9 Å². The van der Waals surface area contributed by atoms with E-state index in [2.05, 4.69) is 0 Å². The second-order valence-electron chi connectivity index (χ2n) is 4.92. The average molecular weight is 221 g/mol. The van der Waals surface area contributed by atoms with E-state index in [-0.39, 0.29) is 5.82 Å². The van der Waals surface area contributed by atoms with Crippen molar-refractivity contribution in [1.82, 2.24) is 4.57 Å². The van der Waals surface area contributed by atoms with Crippen molar-refractivity contribution in [3.63, 3.8) is 0 Å². The lowest BCUT2D eigenvalue weighted by atomic mass is 10.1. The number of hydrogen-bond acceptors (Lipinski definition) is 1. The molecule has 1 N–H and O–H groups in total. The van der Waals surface area contributed by atoms with Crippen LogP contribution >= 0.6 is 0 Å². The summed E-state index contributed by atoms with van der Waals surface area (Å²) in [7, 11) is 0. The van der Waals surface area contributed by atoms with E-state index >= 15 is 0 Å². The minimum Gasteiger partial charge on any atom is -0.389 e. The van der Waals surface area contributed by atoms with Gasteiger partial charge in [-0.05, 0) is 44.5 Å². The Labute approximate surface area is 94.3 Å². The Balaban J connectivity index is 2.52. The van der Waals surface area contributed by atoms with E-state index in [0.29, 0.717) is 12.1 Å². The summed E-state index contributed by atoms with van der Waals surface area (Å²) in [5.74, 6) is -0.205. The highest BCUT2D eigenvalue weighted by atomic mass is 19.1. The highest BCUT2D eigenvalue weighted by Gasteiger charge is 2.15. The first-order valence-corrected chi connectivity index (χ1v) is 5.34. The molecule has 0 unspecified atom stereocenters. The summed E-state index contributed by atoms with van der Waals surface area (Å²) < 4.78 is 15.3. The summed E-state index contributed by atoms with van der Waals surface area (Å²) in [6, 6.07) is 5.29. The van der Waals surface area contributed by atoms with Crippen LogP contribution in [0.4, 0.5) is 4.39 Å². The molecule has 0 saturated heterocycles. The van der Waals surface area contributed by atoms with E-state index in [1.165, 1.54) is 6.07 Å². The van der Waals surface area contributed by atoms with Crippen molar-refractivity contribution in [1.29, 1.82) is 0 Å². The van der Waals surface area contributed by atoms with Gasteiger partial charge in [-0.1, -0.05) is 0 Å². The van der Waals surface area contributed by atoms with Crippen LogP contribution in [0.5, 0.6) is 0 Å². The first-order valence-electron chi connectivity index (χ1n) is 5.34. The van der Waals surface area contributed by atoms with Gasteiger partial charge in [0.05, 0.1) is 17.7 Å². The molecule has 0 aliphatic heterocycles. The minimum atomic E-state index is -0.798. The third-order valence-electron chi connectivity index (χ3n) is 2.61. The quantitative estimate of drug-likeness (QED) is 0.828. The van der Waals surface area contributed by atoms with Crippen LogP contribution in [-0.4, -0.2) is 15.3 Å².